The van der Waals surface area contributed by atoms with E-state index in [-0.39, 0.29) is 17.9 Å². The molecule has 184 valence electrons. The molecule has 8 nitrogen and oxygen atoms in total. The van der Waals surface area contributed by atoms with Crippen LogP contribution in [-0.4, -0.2) is 30.3 Å². The first kappa shape index (κ1) is 24.7. The Labute approximate surface area is 200 Å². The van der Waals surface area contributed by atoms with E-state index in [1.165, 1.54) is 12.1 Å². The average molecular weight is 502 g/mol. The lowest BCUT2D eigenvalue weighted by Gasteiger charge is -2.35. The zero-order chi connectivity index (χ0) is 25.9. The van der Waals surface area contributed by atoms with E-state index >= 15 is 8.78 Å². The fourth-order valence-electron chi connectivity index (χ4n) is 3.44. The number of tetrazole rings is 1. The van der Waals surface area contributed by atoms with Gasteiger partial charge in [0, 0.05) is 11.6 Å². The molecule has 0 saturated carbocycles. The molecule has 0 spiro atoms. The minimum Gasteiger partial charge on any atom is -0.487 e. The molecule has 2 aromatic heterocycles. The number of nitrogens with zero attached hydrogens (tertiary/aromatic N) is 6. The Morgan fingerprint density at radius 3 is 2.47 bits per heavy atom. The number of nitriles is 1. The molecule has 0 amide bonds. The van der Waals surface area contributed by atoms with E-state index in [2.05, 4.69) is 20.5 Å². The Morgan fingerprint density at radius 1 is 1.03 bits per heavy atom. The zero-order valence-corrected chi connectivity index (χ0v) is 18.1. The molecule has 36 heavy (non-hydrogen) atoms. The SMILES string of the molecule is N#Cc1cc(COc2ccc(C(F)(F)C(O)(Cn3cnnn3)c3ccc(F)cc3F)nc2)ccc1F. The zero-order valence-electron chi connectivity index (χ0n) is 18.1. The third-order valence-electron chi connectivity index (χ3n) is 5.29. The highest BCUT2D eigenvalue weighted by Crippen LogP contribution is 2.46. The predicted molar refractivity (Wildman–Crippen MR) is 112 cm³/mol. The molecular weight excluding hydrogens is 487 g/mol. The van der Waals surface area contributed by atoms with E-state index in [0.29, 0.717) is 17.7 Å². The van der Waals surface area contributed by atoms with E-state index in [9.17, 15) is 18.3 Å². The summed E-state index contributed by atoms with van der Waals surface area (Å²) >= 11 is 0. The number of aromatic nitrogens is 5. The van der Waals surface area contributed by atoms with Crippen molar-refractivity contribution in [3.63, 3.8) is 0 Å². The molecule has 13 heteroatoms. The van der Waals surface area contributed by atoms with Gasteiger partial charge in [0.15, 0.2) is 5.60 Å². The van der Waals surface area contributed by atoms with Crippen LogP contribution in [0.5, 0.6) is 5.75 Å². The standard InChI is InChI=1S/C23H15F5N6O2/c24-16-2-4-18(20(26)8-16)22(35,12-34-13-31-32-33-34)23(27,28)21-6-3-17(10-30-21)36-11-14-1-5-19(25)15(7-14)9-29/h1-8,10,13,35H,11-12H2. The van der Waals surface area contributed by atoms with Crippen molar-refractivity contribution in [1.82, 2.24) is 25.2 Å². The third kappa shape index (κ3) is 4.71. The number of benzene rings is 2. The Balaban J connectivity index is 1.62. The lowest BCUT2D eigenvalue weighted by Crippen LogP contribution is -2.48. The number of halogens is 5. The van der Waals surface area contributed by atoms with E-state index in [1.807, 2.05) is 0 Å². The van der Waals surface area contributed by atoms with Crippen molar-refractivity contribution in [3.05, 3.63) is 101 Å². The second-order valence-electron chi connectivity index (χ2n) is 7.66. The average Bonchev–Trinajstić information content (AvgIpc) is 3.36. The second kappa shape index (κ2) is 9.67. The van der Waals surface area contributed by atoms with Gasteiger partial charge in [-0.15, -0.1) is 5.10 Å². The van der Waals surface area contributed by atoms with Crippen LogP contribution in [0, 0.1) is 28.8 Å². The van der Waals surface area contributed by atoms with Crippen LogP contribution in [0.4, 0.5) is 22.0 Å². The van der Waals surface area contributed by atoms with Gasteiger partial charge in [-0.3, -0.25) is 4.98 Å². The number of aliphatic hydroxyl groups is 1. The summed E-state index contributed by atoms with van der Waals surface area (Å²) < 4.78 is 79.1. The van der Waals surface area contributed by atoms with E-state index < -0.39 is 46.8 Å². The Morgan fingerprint density at radius 2 is 1.83 bits per heavy atom. The third-order valence-corrected chi connectivity index (χ3v) is 5.29. The summed E-state index contributed by atoms with van der Waals surface area (Å²) in [7, 11) is 0. The molecule has 2 heterocycles. The highest BCUT2D eigenvalue weighted by atomic mass is 19.3. The summed E-state index contributed by atoms with van der Waals surface area (Å²) in [6.07, 6.45) is 1.90. The number of rotatable bonds is 8. The lowest BCUT2D eigenvalue weighted by atomic mass is 9.84. The highest BCUT2D eigenvalue weighted by Gasteiger charge is 2.58. The monoisotopic (exact) mass is 502 g/mol. The number of alkyl halides is 2. The molecule has 0 aliphatic heterocycles. The van der Waals surface area contributed by atoms with E-state index in [0.717, 1.165) is 41.5 Å². The van der Waals surface area contributed by atoms with Crippen LogP contribution in [0.1, 0.15) is 22.4 Å². The molecule has 0 aliphatic rings. The van der Waals surface area contributed by atoms with Crippen LogP contribution < -0.4 is 4.74 Å². The molecule has 4 aromatic rings. The lowest BCUT2D eigenvalue weighted by molar-refractivity contribution is -0.207. The maximum absolute atomic E-state index is 15.7. The summed E-state index contributed by atoms with van der Waals surface area (Å²) in [6, 6.07) is 9.28. The summed E-state index contributed by atoms with van der Waals surface area (Å²) in [5, 5.41) is 30.1. The van der Waals surface area contributed by atoms with E-state index in [1.54, 1.807) is 6.07 Å². The van der Waals surface area contributed by atoms with Gasteiger partial charge in [-0.05, 0) is 52.4 Å². The largest absolute Gasteiger partial charge is 0.487 e. The summed E-state index contributed by atoms with van der Waals surface area (Å²) in [5.41, 5.74) is -4.83. The van der Waals surface area contributed by atoms with Crippen LogP contribution in [0.3, 0.4) is 0 Å². The molecule has 1 N–H and O–H groups in total. The number of pyridine rings is 1. The fraction of sp³-hybridized carbons (Fsp3) is 0.174. The quantitative estimate of drug-likeness (QED) is 0.367. The summed E-state index contributed by atoms with van der Waals surface area (Å²) in [4.78, 5) is 3.67. The molecule has 0 aliphatic carbocycles. The van der Waals surface area contributed by atoms with Gasteiger partial charge in [0.25, 0.3) is 0 Å². The molecule has 2 aromatic carbocycles. The number of ether oxygens (including phenoxy) is 1. The van der Waals surface area contributed by atoms with Crippen molar-refractivity contribution in [1.29, 1.82) is 5.26 Å². The second-order valence-corrected chi connectivity index (χ2v) is 7.66. The molecule has 0 saturated heterocycles. The van der Waals surface area contributed by atoms with Crippen molar-refractivity contribution in [3.8, 4) is 11.8 Å². The molecule has 0 bridgehead atoms. The Kier molecular flexibility index (Phi) is 6.63. The smallest absolute Gasteiger partial charge is 0.323 e. The normalized spacial score (nSPS) is 13.1. The first-order valence-corrected chi connectivity index (χ1v) is 10.2. The van der Waals surface area contributed by atoms with Crippen LogP contribution in [0.25, 0.3) is 0 Å². The molecule has 0 fully saturated rings. The van der Waals surface area contributed by atoms with Crippen LogP contribution >= 0.6 is 0 Å². The van der Waals surface area contributed by atoms with E-state index in [4.69, 9.17) is 10.00 Å². The van der Waals surface area contributed by atoms with Gasteiger partial charge in [-0.25, -0.2) is 17.9 Å². The molecule has 1 atom stereocenters. The fourth-order valence-corrected chi connectivity index (χ4v) is 3.44. The predicted octanol–water partition coefficient (Wildman–Crippen LogP) is 3.62. The van der Waals surface area contributed by atoms with Crippen molar-refractivity contribution in [2.24, 2.45) is 0 Å². The minimum absolute atomic E-state index is 0.0503. The van der Waals surface area contributed by atoms with Crippen molar-refractivity contribution < 1.29 is 31.8 Å². The molecule has 0 radical (unpaired) electrons. The van der Waals surface area contributed by atoms with Gasteiger partial charge in [0.2, 0.25) is 0 Å². The highest BCUT2D eigenvalue weighted by molar-refractivity contribution is 5.35. The van der Waals surface area contributed by atoms with Crippen molar-refractivity contribution in [2.75, 3.05) is 0 Å². The maximum atomic E-state index is 15.7. The van der Waals surface area contributed by atoms with Crippen molar-refractivity contribution in [2.45, 2.75) is 24.7 Å². The van der Waals surface area contributed by atoms with Crippen LogP contribution in [0.15, 0.2) is 61.1 Å². The molecular formula is C23H15F5N6O2. The van der Waals surface area contributed by atoms with Gasteiger partial charge >= 0.3 is 5.92 Å². The number of hydrogen-bond donors (Lipinski definition) is 1. The molecule has 1 unspecified atom stereocenters. The molecule has 4 rings (SSSR count). The van der Waals surface area contributed by atoms with Gasteiger partial charge in [-0.2, -0.15) is 14.0 Å². The van der Waals surface area contributed by atoms with Crippen molar-refractivity contribution >= 4 is 0 Å². The van der Waals surface area contributed by atoms with Gasteiger partial charge < -0.3 is 9.84 Å². The van der Waals surface area contributed by atoms with Gasteiger partial charge in [0.05, 0.1) is 18.3 Å². The van der Waals surface area contributed by atoms with Crippen LogP contribution in [-0.2, 0) is 24.7 Å². The van der Waals surface area contributed by atoms with Gasteiger partial charge in [-0.1, -0.05) is 6.07 Å². The first-order chi connectivity index (χ1) is 17.1. The maximum Gasteiger partial charge on any atom is 0.323 e. The minimum atomic E-state index is -4.21. The van der Waals surface area contributed by atoms with Gasteiger partial charge in [0.1, 0.15) is 47.9 Å². The topological polar surface area (TPSA) is 110 Å². The Bertz CT molecular complexity index is 1410. The first-order valence-electron chi connectivity index (χ1n) is 10.2. The summed E-state index contributed by atoms with van der Waals surface area (Å²) in [5.74, 6) is -7.28. The number of hydrogen-bond acceptors (Lipinski definition) is 7. The summed E-state index contributed by atoms with van der Waals surface area (Å²) in [6.45, 7) is -1.10. The van der Waals surface area contributed by atoms with Crippen LogP contribution in [0.2, 0.25) is 0 Å². The Hall–Kier alpha value is -4.44.